The lowest BCUT2D eigenvalue weighted by atomic mass is 10.0. The number of benzene rings is 2. The molecule has 2 fully saturated rings. The van der Waals surface area contributed by atoms with Crippen LogP contribution in [0.4, 0.5) is 4.79 Å². The van der Waals surface area contributed by atoms with Crippen LogP contribution in [-0.2, 0) is 4.74 Å². The van der Waals surface area contributed by atoms with Gasteiger partial charge in [-0.1, -0.05) is 44.0 Å². The highest BCUT2D eigenvalue weighted by Gasteiger charge is 2.35. The van der Waals surface area contributed by atoms with E-state index in [4.69, 9.17) is 14.2 Å². The Hall–Kier alpha value is -3.91. The fourth-order valence-corrected chi connectivity index (χ4v) is 6.82. The second kappa shape index (κ2) is 22.0. The Balaban J connectivity index is 0.000000294. The van der Waals surface area contributed by atoms with Gasteiger partial charge in [-0.2, -0.15) is 0 Å². The number of halogens is 4. The lowest BCUT2D eigenvalue weighted by Crippen LogP contribution is -2.59. The first-order chi connectivity index (χ1) is 25.5. The fraction of sp³-hybridized carbons (Fsp3) is 0.375. The molecule has 0 bridgehead atoms. The van der Waals surface area contributed by atoms with Crippen molar-refractivity contribution in [3.63, 3.8) is 0 Å². The van der Waals surface area contributed by atoms with Gasteiger partial charge in [-0.05, 0) is 101 Å². The van der Waals surface area contributed by atoms with E-state index in [1.165, 1.54) is 0 Å². The lowest BCUT2D eigenvalue weighted by molar-refractivity contribution is -0.000953. The van der Waals surface area contributed by atoms with Crippen LogP contribution in [-0.4, -0.2) is 99.7 Å². The predicted molar refractivity (Wildman–Crippen MR) is 224 cm³/mol. The van der Waals surface area contributed by atoms with Crippen molar-refractivity contribution in [2.24, 2.45) is 0 Å². The molecular weight excluding hydrogens is 877 g/mol. The van der Waals surface area contributed by atoms with Crippen molar-refractivity contribution in [1.29, 1.82) is 0 Å². The number of ether oxygens (including phenoxy) is 3. The Labute approximate surface area is 352 Å². The third kappa shape index (κ3) is 14.0. The maximum Gasteiger partial charge on any atom is 0.410 e. The number of hydrogen-bond acceptors (Lipinski definition) is 8. The number of piperazine rings is 1. The molecule has 2 unspecified atom stereocenters. The molecule has 0 N–H and O–H groups in total. The second-order valence-corrected chi connectivity index (χ2v) is 15.6. The number of hydrogen-bond donors (Lipinski definition) is 0. The molecule has 3 amide bonds. The van der Waals surface area contributed by atoms with Crippen LogP contribution in [0.15, 0.2) is 107 Å². The van der Waals surface area contributed by atoms with Gasteiger partial charge < -0.3 is 28.9 Å². The molecule has 6 rings (SSSR count). The molecular formula is C40H47Br2Cl2N5O6. The average Bonchev–Trinajstić information content (AvgIpc) is 3.16. The van der Waals surface area contributed by atoms with Crippen LogP contribution in [0.3, 0.4) is 0 Å². The van der Waals surface area contributed by atoms with Crippen LogP contribution in [0.25, 0.3) is 0 Å². The summed E-state index contributed by atoms with van der Waals surface area (Å²) < 4.78 is 19.0. The van der Waals surface area contributed by atoms with Gasteiger partial charge in [-0.25, -0.2) is 4.79 Å². The molecule has 2 saturated heterocycles. The van der Waals surface area contributed by atoms with Gasteiger partial charge >= 0.3 is 6.09 Å². The standard InChI is InChI=1S/C22H26BrN3O4.C18H19BrN2O2.2ClH/c1-22(2,3)30-21(28)25-10-11-26(20(27)16-6-4-7-17(23)12-16)18(14-25)15-29-19-8-5-9-24-13-19;19-15-6-3-5-14(11-15)18(22)21-10-2-1-7-16(21)13-23-17-8-4-9-20-12-17;;/h4-9,12-13,18H,10-11,14-15H2,1-3H3;3-6,8-9,11-12,16H,1-2,7,10,13H2;2*1H. The summed E-state index contributed by atoms with van der Waals surface area (Å²) >= 11 is 6.84. The van der Waals surface area contributed by atoms with Crippen LogP contribution in [0.2, 0.25) is 0 Å². The largest absolute Gasteiger partial charge is 0.490 e. The Morgan fingerprint density at radius 1 is 0.709 bits per heavy atom. The number of pyridine rings is 2. The van der Waals surface area contributed by atoms with Gasteiger partial charge in [0, 0.05) is 58.6 Å². The SMILES string of the molecule is CC(C)(C)OC(=O)N1CCN(C(=O)c2cccc(Br)c2)C(COc2cccnc2)C1.Cl.Cl.O=C(c1cccc(Br)c1)N1CCCCC1COc1cccnc1. The van der Waals surface area contributed by atoms with Crippen molar-refractivity contribution < 1.29 is 28.6 Å². The zero-order valence-corrected chi connectivity index (χ0v) is 35.8. The van der Waals surface area contributed by atoms with Crippen molar-refractivity contribution in [3.8, 4) is 11.5 Å². The summed E-state index contributed by atoms with van der Waals surface area (Å²) in [7, 11) is 0. The summed E-state index contributed by atoms with van der Waals surface area (Å²) in [6.45, 7) is 8.16. The summed E-state index contributed by atoms with van der Waals surface area (Å²) in [5.41, 5.74) is 0.719. The molecule has 0 aliphatic carbocycles. The van der Waals surface area contributed by atoms with E-state index >= 15 is 0 Å². The zero-order valence-electron chi connectivity index (χ0n) is 31.0. The van der Waals surface area contributed by atoms with Gasteiger partial charge in [0.2, 0.25) is 0 Å². The number of nitrogens with zero attached hydrogens (tertiary/aromatic N) is 5. The minimum absolute atomic E-state index is 0. The van der Waals surface area contributed by atoms with Crippen molar-refractivity contribution in [2.45, 2.75) is 57.7 Å². The first-order valence-corrected chi connectivity index (χ1v) is 19.2. The van der Waals surface area contributed by atoms with E-state index in [2.05, 4.69) is 41.8 Å². The Morgan fingerprint density at radius 3 is 1.73 bits per heavy atom. The van der Waals surface area contributed by atoms with Crippen LogP contribution >= 0.6 is 56.7 Å². The molecule has 4 heterocycles. The number of amides is 3. The van der Waals surface area contributed by atoms with Gasteiger partial charge in [0.1, 0.15) is 30.3 Å². The van der Waals surface area contributed by atoms with Crippen LogP contribution < -0.4 is 9.47 Å². The van der Waals surface area contributed by atoms with Crippen molar-refractivity contribution in [3.05, 3.63) is 118 Å². The predicted octanol–water partition coefficient (Wildman–Crippen LogP) is 8.75. The highest BCUT2D eigenvalue weighted by Crippen LogP contribution is 2.23. The molecule has 11 nitrogen and oxygen atoms in total. The third-order valence-corrected chi connectivity index (χ3v) is 9.57. The molecule has 0 radical (unpaired) electrons. The van der Waals surface area contributed by atoms with E-state index in [0.29, 0.717) is 43.1 Å². The molecule has 2 aliphatic rings. The molecule has 4 aromatic rings. The van der Waals surface area contributed by atoms with E-state index in [-0.39, 0.29) is 61.4 Å². The van der Waals surface area contributed by atoms with E-state index in [1.807, 2.05) is 80.3 Å². The lowest BCUT2D eigenvalue weighted by Gasteiger charge is -2.41. The number of carbonyl (C=O) groups excluding carboxylic acids is 3. The summed E-state index contributed by atoms with van der Waals surface area (Å²) in [6.07, 6.45) is 9.46. The molecule has 296 valence electrons. The summed E-state index contributed by atoms with van der Waals surface area (Å²) in [4.78, 5) is 52.0. The topological polar surface area (TPSA) is 114 Å². The normalized spacial score (nSPS) is 16.6. The highest BCUT2D eigenvalue weighted by molar-refractivity contribution is 9.10. The highest BCUT2D eigenvalue weighted by atomic mass is 79.9. The first kappa shape index (κ1) is 45.5. The summed E-state index contributed by atoms with van der Waals surface area (Å²) in [6, 6.07) is 21.9. The Morgan fingerprint density at radius 2 is 1.24 bits per heavy atom. The van der Waals surface area contributed by atoms with E-state index in [1.54, 1.807) is 52.8 Å². The van der Waals surface area contributed by atoms with Gasteiger partial charge in [0.15, 0.2) is 0 Å². The molecule has 2 aromatic carbocycles. The summed E-state index contributed by atoms with van der Waals surface area (Å²) in [5.74, 6) is 1.33. The fourth-order valence-electron chi connectivity index (χ4n) is 6.02. The van der Waals surface area contributed by atoms with Gasteiger partial charge in [0.05, 0.1) is 24.5 Å². The second-order valence-electron chi connectivity index (χ2n) is 13.7. The third-order valence-electron chi connectivity index (χ3n) is 8.58. The van der Waals surface area contributed by atoms with Gasteiger partial charge in [0.25, 0.3) is 11.8 Å². The van der Waals surface area contributed by atoms with E-state index in [0.717, 1.165) is 40.5 Å². The average molecular weight is 925 g/mol. The molecule has 0 saturated carbocycles. The van der Waals surface area contributed by atoms with Crippen molar-refractivity contribution >= 4 is 74.6 Å². The first-order valence-electron chi connectivity index (χ1n) is 17.6. The quantitative estimate of drug-likeness (QED) is 0.173. The Bertz CT molecular complexity index is 1820. The number of aromatic nitrogens is 2. The maximum atomic E-state index is 13.2. The Kier molecular flexibility index (Phi) is 18.2. The minimum atomic E-state index is -0.581. The number of likely N-dealkylation sites (tertiary alicyclic amines) is 1. The number of piperidine rings is 1. The van der Waals surface area contributed by atoms with Crippen molar-refractivity contribution in [2.75, 3.05) is 39.4 Å². The zero-order chi connectivity index (χ0) is 37.8. The van der Waals surface area contributed by atoms with Crippen molar-refractivity contribution in [1.82, 2.24) is 24.7 Å². The smallest absolute Gasteiger partial charge is 0.410 e. The van der Waals surface area contributed by atoms with E-state index < -0.39 is 5.60 Å². The van der Waals surface area contributed by atoms with Gasteiger partial charge in [-0.3, -0.25) is 19.6 Å². The minimum Gasteiger partial charge on any atom is -0.490 e. The van der Waals surface area contributed by atoms with Gasteiger partial charge in [-0.15, -0.1) is 24.8 Å². The molecule has 2 atom stereocenters. The maximum absolute atomic E-state index is 13.2. The van der Waals surface area contributed by atoms with Crippen LogP contribution in [0.5, 0.6) is 11.5 Å². The molecule has 55 heavy (non-hydrogen) atoms. The molecule has 2 aliphatic heterocycles. The molecule has 2 aromatic heterocycles. The number of rotatable bonds is 8. The van der Waals surface area contributed by atoms with Crippen LogP contribution in [0.1, 0.15) is 60.7 Å². The summed E-state index contributed by atoms with van der Waals surface area (Å²) in [5, 5.41) is 0. The molecule has 0 spiro atoms. The van der Waals surface area contributed by atoms with Crippen LogP contribution in [0, 0.1) is 0 Å². The monoisotopic (exact) mass is 921 g/mol. The molecule has 15 heteroatoms. The number of carbonyl (C=O) groups is 3. The van der Waals surface area contributed by atoms with E-state index in [9.17, 15) is 14.4 Å².